The van der Waals surface area contributed by atoms with Gasteiger partial charge in [-0.2, -0.15) is 0 Å². The van der Waals surface area contributed by atoms with Crippen molar-refractivity contribution in [2.45, 2.75) is 46.2 Å². The molecule has 1 rings (SSSR count). The fourth-order valence-corrected chi connectivity index (χ4v) is 2.47. The third kappa shape index (κ3) is 4.04. The largest absolute Gasteiger partial charge is 0.381 e. The second-order valence-corrected chi connectivity index (χ2v) is 4.97. The third-order valence-electron chi connectivity index (χ3n) is 3.57. The van der Waals surface area contributed by atoms with E-state index in [1.165, 1.54) is 6.42 Å². The molecule has 0 radical (unpaired) electrons. The van der Waals surface area contributed by atoms with Crippen LogP contribution in [-0.4, -0.2) is 49.8 Å². The summed E-state index contributed by atoms with van der Waals surface area (Å²) >= 11 is 0. The lowest BCUT2D eigenvalue weighted by atomic mass is 9.98. The normalized spacial score (nSPS) is 23.2. The first-order chi connectivity index (χ1) is 7.69. The highest BCUT2D eigenvalue weighted by Gasteiger charge is 2.26. The molecule has 1 fully saturated rings. The van der Waals surface area contributed by atoms with Gasteiger partial charge >= 0.3 is 0 Å². The molecule has 0 aromatic carbocycles. The Balaban J connectivity index is 2.48. The van der Waals surface area contributed by atoms with Gasteiger partial charge in [0.2, 0.25) is 0 Å². The van der Waals surface area contributed by atoms with Crippen LogP contribution in [0, 0.1) is 5.92 Å². The first-order valence-corrected chi connectivity index (χ1v) is 6.74. The third-order valence-corrected chi connectivity index (χ3v) is 3.57. The van der Waals surface area contributed by atoms with Crippen molar-refractivity contribution in [1.82, 2.24) is 10.2 Å². The average Bonchev–Trinajstić information content (AvgIpc) is 2.76. The number of rotatable bonds is 7. The zero-order chi connectivity index (χ0) is 12.0. The van der Waals surface area contributed by atoms with E-state index in [2.05, 4.69) is 37.9 Å². The fraction of sp³-hybridized carbons (Fsp3) is 1.00. The molecule has 3 nitrogen and oxygen atoms in total. The summed E-state index contributed by atoms with van der Waals surface area (Å²) in [5, 5.41) is 3.62. The lowest BCUT2D eigenvalue weighted by Crippen LogP contribution is -2.47. The van der Waals surface area contributed by atoms with Crippen LogP contribution in [0.3, 0.4) is 0 Å². The molecule has 0 bridgehead atoms. The minimum absolute atomic E-state index is 0.592. The van der Waals surface area contributed by atoms with Crippen LogP contribution in [0.25, 0.3) is 0 Å². The number of hydrogen-bond acceptors (Lipinski definition) is 3. The fourth-order valence-electron chi connectivity index (χ4n) is 2.47. The molecular weight excluding hydrogens is 200 g/mol. The molecule has 1 heterocycles. The molecule has 1 N–H and O–H groups in total. The van der Waals surface area contributed by atoms with Gasteiger partial charge in [0, 0.05) is 31.2 Å². The molecule has 0 aliphatic carbocycles. The highest BCUT2D eigenvalue weighted by Crippen LogP contribution is 2.18. The summed E-state index contributed by atoms with van der Waals surface area (Å²) in [6.45, 7) is 14.2. The Morgan fingerprint density at radius 1 is 1.38 bits per heavy atom. The Hall–Kier alpha value is -0.120. The van der Waals surface area contributed by atoms with Gasteiger partial charge in [-0.15, -0.1) is 0 Å². The number of hydrogen-bond donors (Lipinski definition) is 1. The molecule has 0 aromatic rings. The Morgan fingerprint density at radius 2 is 2.12 bits per heavy atom. The first-order valence-electron chi connectivity index (χ1n) is 6.74. The van der Waals surface area contributed by atoms with Crippen LogP contribution in [0.2, 0.25) is 0 Å². The predicted molar refractivity (Wildman–Crippen MR) is 68.8 cm³/mol. The maximum Gasteiger partial charge on any atom is 0.0510 e. The van der Waals surface area contributed by atoms with Crippen LogP contribution >= 0.6 is 0 Å². The molecule has 2 unspecified atom stereocenters. The van der Waals surface area contributed by atoms with Gasteiger partial charge in [0.1, 0.15) is 0 Å². The molecule has 3 heteroatoms. The van der Waals surface area contributed by atoms with Gasteiger partial charge in [-0.3, -0.25) is 4.90 Å². The van der Waals surface area contributed by atoms with Gasteiger partial charge in [0.25, 0.3) is 0 Å². The van der Waals surface area contributed by atoms with Gasteiger partial charge in [0.15, 0.2) is 0 Å². The summed E-state index contributed by atoms with van der Waals surface area (Å²) < 4.78 is 5.50. The van der Waals surface area contributed by atoms with Gasteiger partial charge in [0.05, 0.1) is 6.61 Å². The van der Waals surface area contributed by atoms with Crippen molar-refractivity contribution in [2.75, 3.05) is 32.8 Å². The Kier molecular flexibility index (Phi) is 6.32. The number of nitrogens with zero attached hydrogens (tertiary/aromatic N) is 1. The van der Waals surface area contributed by atoms with E-state index in [9.17, 15) is 0 Å². The Labute approximate surface area is 101 Å². The molecule has 0 amide bonds. The molecule has 0 spiro atoms. The summed E-state index contributed by atoms with van der Waals surface area (Å²) in [4.78, 5) is 2.53. The number of ether oxygens (including phenoxy) is 1. The smallest absolute Gasteiger partial charge is 0.0510 e. The summed E-state index contributed by atoms with van der Waals surface area (Å²) in [6, 6.07) is 1.23. The van der Waals surface area contributed by atoms with Crippen LogP contribution in [-0.2, 0) is 4.74 Å². The highest BCUT2D eigenvalue weighted by atomic mass is 16.5. The van der Waals surface area contributed by atoms with Crippen LogP contribution in [0.1, 0.15) is 34.1 Å². The van der Waals surface area contributed by atoms with Gasteiger partial charge in [-0.1, -0.05) is 13.8 Å². The van der Waals surface area contributed by atoms with Crippen LogP contribution < -0.4 is 5.32 Å². The van der Waals surface area contributed by atoms with E-state index in [-0.39, 0.29) is 0 Å². The lowest BCUT2D eigenvalue weighted by molar-refractivity contribution is 0.151. The Morgan fingerprint density at radius 3 is 2.56 bits per heavy atom. The first kappa shape index (κ1) is 13.9. The maximum absolute atomic E-state index is 5.50. The zero-order valence-corrected chi connectivity index (χ0v) is 11.3. The second kappa shape index (κ2) is 7.25. The van der Waals surface area contributed by atoms with Crippen LogP contribution in [0.5, 0.6) is 0 Å². The van der Waals surface area contributed by atoms with Crippen molar-refractivity contribution in [1.29, 1.82) is 0 Å². The van der Waals surface area contributed by atoms with Gasteiger partial charge in [-0.25, -0.2) is 0 Å². The molecule has 96 valence electrons. The van der Waals surface area contributed by atoms with E-state index in [1.807, 2.05) is 0 Å². The number of likely N-dealkylation sites (N-methyl/N-ethyl adjacent to an activating group) is 2. The van der Waals surface area contributed by atoms with E-state index in [4.69, 9.17) is 4.74 Å². The van der Waals surface area contributed by atoms with Crippen molar-refractivity contribution >= 4 is 0 Å². The number of nitrogens with one attached hydrogen (secondary N) is 1. The highest BCUT2D eigenvalue weighted by molar-refractivity contribution is 4.82. The molecule has 1 aliphatic rings. The molecule has 1 saturated heterocycles. The summed E-state index contributed by atoms with van der Waals surface area (Å²) in [5.41, 5.74) is 0. The topological polar surface area (TPSA) is 24.5 Å². The summed E-state index contributed by atoms with van der Waals surface area (Å²) in [6.07, 6.45) is 1.22. The van der Waals surface area contributed by atoms with Crippen molar-refractivity contribution in [3.63, 3.8) is 0 Å². The molecular formula is C13H28N2O. The van der Waals surface area contributed by atoms with E-state index in [0.29, 0.717) is 18.0 Å². The average molecular weight is 228 g/mol. The van der Waals surface area contributed by atoms with Crippen LogP contribution in [0.4, 0.5) is 0 Å². The summed E-state index contributed by atoms with van der Waals surface area (Å²) in [5.74, 6) is 0.702. The Bertz CT molecular complexity index is 179. The van der Waals surface area contributed by atoms with E-state index < -0.39 is 0 Å². The molecule has 0 aromatic heterocycles. The van der Waals surface area contributed by atoms with Crippen molar-refractivity contribution in [3.05, 3.63) is 0 Å². The van der Waals surface area contributed by atoms with Gasteiger partial charge in [-0.05, 0) is 33.4 Å². The second-order valence-electron chi connectivity index (χ2n) is 4.97. The van der Waals surface area contributed by atoms with Crippen LogP contribution in [0.15, 0.2) is 0 Å². The monoisotopic (exact) mass is 228 g/mol. The predicted octanol–water partition coefficient (Wildman–Crippen LogP) is 1.73. The SMILES string of the molecule is CCNC(CN(CC)C(C)C)C1CCOC1. The zero-order valence-electron chi connectivity index (χ0n) is 11.3. The van der Waals surface area contributed by atoms with Crippen molar-refractivity contribution in [2.24, 2.45) is 5.92 Å². The van der Waals surface area contributed by atoms with E-state index >= 15 is 0 Å². The molecule has 2 atom stereocenters. The minimum Gasteiger partial charge on any atom is -0.381 e. The lowest BCUT2D eigenvalue weighted by Gasteiger charge is -2.32. The van der Waals surface area contributed by atoms with Crippen molar-refractivity contribution in [3.8, 4) is 0 Å². The maximum atomic E-state index is 5.50. The van der Waals surface area contributed by atoms with Crippen molar-refractivity contribution < 1.29 is 4.74 Å². The molecule has 1 aliphatic heterocycles. The van der Waals surface area contributed by atoms with E-state index in [1.54, 1.807) is 0 Å². The van der Waals surface area contributed by atoms with Gasteiger partial charge < -0.3 is 10.1 Å². The van der Waals surface area contributed by atoms with E-state index in [0.717, 1.165) is 32.8 Å². The quantitative estimate of drug-likeness (QED) is 0.718. The summed E-state index contributed by atoms with van der Waals surface area (Å²) in [7, 11) is 0. The molecule has 16 heavy (non-hydrogen) atoms. The standard InChI is InChI=1S/C13H28N2O/c1-5-14-13(12-7-8-16-10-12)9-15(6-2)11(3)4/h11-14H,5-10H2,1-4H3. The minimum atomic E-state index is 0.592. The molecule has 0 saturated carbocycles.